The molecule has 5 nitrogen and oxygen atoms in total. The molecule has 0 saturated carbocycles. The summed E-state index contributed by atoms with van der Waals surface area (Å²) in [6, 6.07) is 4.43. The fourth-order valence-electron chi connectivity index (χ4n) is 3.74. The Morgan fingerprint density at radius 3 is 2.92 bits per heavy atom. The maximum atomic E-state index is 13.8. The van der Waals surface area contributed by atoms with Gasteiger partial charge in [0, 0.05) is 25.2 Å². The predicted molar refractivity (Wildman–Crippen MR) is 93.3 cm³/mol. The molecule has 2 heterocycles. The number of hydrogen-bond donors (Lipinski definition) is 2. The van der Waals surface area contributed by atoms with Crippen molar-refractivity contribution in [1.82, 2.24) is 15.5 Å². The van der Waals surface area contributed by atoms with Gasteiger partial charge in [-0.2, -0.15) is 0 Å². The molecular weight excluding hydrogens is 321 g/mol. The number of carbonyl (C=O) groups excluding carboxylic acids is 2. The zero-order valence-electron chi connectivity index (χ0n) is 14.7. The third kappa shape index (κ3) is 4.18. The van der Waals surface area contributed by atoms with E-state index in [0.717, 1.165) is 31.4 Å². The highest BCUT2D eigenvalue weighted by molar-refractivity contribution is 5.89. The van der Waals surface area contributed by atoms with Crippen molar-refractivity contribution in [2.45, 2.75) is 45.2 Å². The minimum atomic E-state index is -0.428. The van der Waals surface area contributed by atoms with Crippen molar-refractivity contribution in [2.24, 2.45) is 5.92 Å². The van der Waals surface area contributed by atoms with Crippen LogP contribution in [0, 0.1) is 18.7 Å². The molecule has 6 heteroatoms. The number of halogens is 1. The van der Waals surface area contributed by atoms with Crippen LogP contribution in [-0.4, -0.2) is 42.4 Å². The van der Waals surface area contributed by atoms with E-state index in [9.17, 15) is 14.0 Å². The molecule has 0 aliphatic carbocycles. The molecule has 0 spiro atoms. The zero-order chi connectivity index (χ0) is 17.8. The summed E-state index contributed by atoms with van der Waals surface area (Å²) in [5.41, 5.74) is 1.42. The number of piperidine rings is 1. The van der Waals surface area contributed by atoms with E-state index in [2.05, 4.69) is 10.6 Å². The fraction of sp³-hybridized carbons (Fsp3) is 0.579. The minimum Gasteiger partial charge on any atom is -0.350 e. The van der Waals surface area contributed by atoms with E-state index in [1.165, 1.54) is 6.07 Å². The molecule has 1 aromatic rings. The van der Waals surface area contributed by atoms with Crippen molar-refractivity contribution in [3.8, 4) is 0 Å². The summed E-state index contributed by atoms with van der Waals surface area (Å²) in [5, 5.41) is 6.06. The minimum absolute atomic E-state index is 0.0311. The first-order valence-corrected chi connectivity index (χ1v) is 9.10. The van der Waals surface area contributed by atoms with Crippen LogP contribution in [0.4, 0.5) is 4.39 Å². The van der Waals surface area contributed by atoms with Crippen LogP contribution in [0.25, 0.3) is 0 Å². The highest BCUT2D eigenvalue weighted by Gasteiger charge is 2.37. The Bertz CT molecular complexity index is 644. The summed E-state index contributed by atoms with van der Waals surface area (Å²) < 4.78 is 13.8. The standard InChI is InChI=1S/C19H26FN3O2/c1-13-6-7-16(20)15(10-13)12-22-18(24)17-5-3-9-23(17)19(25)14-4-2-8-21-11-14/h6-7,10,14,17,21H,2-5,8-9,11-12H2,1H3,(H,22,24)/t14-,17+/m0/s1. The summed E-state index contributed by atoms with van der Waals surface area (Å²) >= 11 is 0. The number of benzene rings is 1. The number of hydrogen-bond acceptors (Lipinski definition) is 3. The molecule has 2 aliphatic rings. The maximum Gasteiger partial charge on any atom is 0.243 e. The Labute approximate surface area is 148 Å². The van der Waals surface area contributed by atoms with Gasteiger partial charge in [-0.05, 0) is 45.2 Å². The smallest absolute Gasteiger partial charge is 0.243 e. The number of aryl methyl sites for hydroxylation is 1. The molecule has 0 bridgehead atoms. The van der Waals surface area contributed by atoms with E-state index in [0.29, 0.717) is 25.1 Å². The van der Waals surface area contributed by atoms with Crippen molar-refractivity contribution >= 4 is 11.8 Å². The van der Waals surface area contributed by atoms with Gasteiger partial charge >= 0.3 is 0 Å². The molecule has 1 aromatic carbocycles. The molecule has 25 heavy (non-hydrogen) atoms. The Kier molecular flexibility index (Phi) is 5.68. The normalized spacial score (nSPS) is 23.5. The molecule has 0 aromatic heterocycles. The van der Waals surface area contributed by atoms with Crippen molar-refractivity contribution < 1.29 is 14.0 Å². The Morgan fingerprint density at radius 2 is 2.16 bits per heavy atom. The molecule has 2 atom stereocenters. The van der Waals surface area contributed by atoms with Crippen LogP contribution in [0.5, 0.6) is 0 Å². The molecule has 0 unspecified atom stereocenters. The molecular formula is C19H26FN3O2. The van der Waals surface area contributed by atoms with Gasteiger partial charge in [0.2, 0.25) is 11.8 Å². The number of carbonyl (C=O) groups is 2. The summed E-state index contributed by atoms with van der Waals surface area (Å²) in [6.07, 6.45) is 3.38. The van der Waals surface area contributed by atoms with E-state index < -0.39 is 6.04 Å². The van der Waals surface area contributed by atoms with E-state index >= 15 is 0 Å². The fourth-order valence-corrected chi connectivity index (χ4v) is 3.74. The first kappa shape index (κ1) is 17.9. The number of amides is 2. The number of nitrogens with zero attached hydrogens (tertiary/aromatic N) is 1. The van der Waals surface area contributed by atoms with Crippen molar-refractivity contribution in [3.05, 3.63) is 35.1 Å². The van der Waals surface area contributed by atoms with Gasteiger partial charge in [-0.3, -0.25) is 9.59 Å². The van der Waals surface area contributed by atoms with Crippen molar-refractivity contribution in [1.29, 1.82) is 0 Å². The second-order valence-corrected chi connectivity index (χ2v) is 7.05. The highest BCUT2D eigenvalue weighted by atomic mass is 19.1. The zero-order valence-corrected chi connectivity index (χ0v) is 14.7. The van der Waals surface area contributed by atoms with Gasteiger partial charge in [-0.1, -0.05) is 17.7 Å². The molecule has 136 valence electrons. The van der Waals surface area contributed by atoms with E-state index in [-0.39, 0.29) is 30.1 Å². The van der Waals surface area contributed by atoms with Crippen molar-refractivity contribution in [2.75, 3.05) is 19.6 Å². The van der Waals surface area contributed by atoms with Crippen LogP contribution in [0.15, 0.2) is 18.2 Å². The summed E-state index contributed by atoms with van der Waals surface area (Å²) in [5.74, 6) is -0.461. The molecule has 3 rings (SSSR count). The van der Waals surface area contributed by atoms with E-state index in [4.69, 9.17) is 0 Å². The number of rotatable bonds is 4. The van der Waals surface area contributed by atoms with Gasteiger partial charge in [-0.25, -0.2) is 4.39 Å². The largest absolute Gasteiger partial charge is 0.350 e. The Hall–Kier alpha value is -1.95. The highest BCUT2D eigenvalue weighted by Crippen LogP contribution is 2.23. The number of nitrogens with one attached hydrogen (secondary N) is 2. The summed E-state index contributed by atoms with van der Waals surface area (Å²) in [4.78, 5) is 27.0. The topological polar surface area (TPSA) is 61.4 Å². The molecule has 2 aliphatic heterocycles. The third-order valence-electron chi connectivity index (χ3n) is 5.14. The lowest BCUT2D eigenvalue weighted by Crippen LogP contribution is -2.50. The van der Waals surface area contributed by atoms with Gasteiger partial charge in [0.1, 0.15) is 11.9 Å². The monoisotopic (exact) mass is 347 g/mol. The maximum absolute atomic E-state index is 13.8. The second kappa shape index (κ2) is 7.95. The van der Waals surface area contributed by atoms with Crippen LogP contribution in [0.3, 0.4) is 0 Å². The average molecular weight is 347 g/mol. The predicted octanol–water partition coefficient (Wildman–Crippen LogP) is 1.74. The molecule has 2 amide bonds. The van der Waals surface area contributed by atoms with Gasteiger partial charge in [0.25, 0.3) is 0 Å². The first-order valence-electron chi connectivity index (χ1n) is 9.10. The van der Waals surface area contributed by atoms with Crippen LogP contribution < -0.4 is 10.6 Å². The quantitative estimate of drug-likeness (QED) is 0.872. The lowest BCUT2D eigenvalue weighted by molar-refractivity contribution is -0.142. The van der Waals surface area contributed by atoms with Crippen LogP contribution >= 0.6 is 0 Å². The lowest BCUT2D eigenvalue weighted by Gasteiger charge is -2.30. The van der Waals surface area contributed by atoms with E-state index in [1.54, 1.807) is 17.0 Å². The van der Waals surface area contributed by atoms with Gasteiger partial charge < -0.3 is 15.5 Å². The number of likely N-dealkylation sites (tertiary alicyclic amines) is 1. The third-order valence-corrected chi connectivity index (χ3v) is 5.14. The SMILES string of the molecule is Cc1ccc(F)c(CNC(=O)[C@H]2CCCN2C(=O)[C@H]2CCCNC2)c1. The van der Waals surface area contributed by atoms with Crippen LogP contribution in [-0.2, 0) is 16.1 Å². The van der Waals surface area contributed by atoms with Crippen molar-refractivity contribution in [3.63, 3.8) is 0 Å². The van der Waals surface area contributed by atoms with Crippen LogP contribution in [0.1, 0.15) is 36.8 Å². The van der Waals surface area contributed by atoms with Gasteiger partial charge in [0.15, 0.2) is 0 Å². The van der Waals surface area contributed by atoms with Gasteiger partial charge in [-0.15, -0.1) is 0 Å². The molecule has 2 saturated heterocycles. The van der Waals surface area contributed by atoms with E-state index in [1.807, 2.05) is 6.92 Å². The lowest BCUT2D eigenvalue weighted by atomic mass is 9.97. The van der Waals surface area contributed by atoms with Crippen LogP contribution in [0.2, 0.25) is 0 Å². The second-order valence-electron chi connectivity index (χ2n) is 7.05. The Morgan fingerprint density at radius 1 is 1.32 bits per heavy atom. The molecule has 0 radical (unpaired) electrons. The first-order chi connectivity index (χ1) is 12.1. The molecule has 2 N–H and O–H groups in total. The molecule has 2 fully saturated rings. The summed E-state index contributed by atoms with van der Waals surface area (Å²) in [6.45, 7) is 4.32. The summed E-state index contributed by atoms with van der Waals surface area (Å²) in [7, 11) is 0. The van der Waals surface area contributed by atoms with Gasteiger partial charge in [0.05, 0.1) is 5.92 Å². The average Bonchev–Trinajstić information content (AvgIpc) is 3.12. The Balaban J connectivity index is 1.60.